The molecule has 1 nitrogen and oxygen atoms in total. The Morgan fingerprint density at radius 2 is 2.33 bits per heavy atom. The Morgan fingerprint density at radius 1 is 1.83 bits per heavy atom. The van der Waals surface area contributed by atoms with Gasteiger partial charge in [0.15, 0.2) is 8.56 Å². The standard InChI is InChI=1S/C3H10OSi2/c1-2-3-6(4)5/h2-4,6H,1,5H3. The molecule has 0 aromatic heterocycles. The molecule has 36 valence electrons. The molecule has 0 aliphatic rings. The second-order valence-electron chi connectivity index (χ2n) is 1.27. The third-order valence-corrected chi connectivity index (χ3v) is 2.57. The van der Waals surface area contributed by atoms with Crippen LogP contribution in [0, 0.1) is 0 Å². The lowest BCUT2D eigenvalue weighted by Gasteiger charge is -1.83. The Labute approximate surface area is 42.6 Å². The van der Waals surface area contributed by atoms with Gasteiger partial charge in [0.05, 0.1) is 0 Å². The molecule has 0 aromatic rings. The van der Waals surface area contributed by atoms with Crippen LogP contribution < -0.4 is 0 Å². The average Bonchev–Trinajstić information content (AvgIpc) is 1.35. The predicted molar refractivity (Wildman–Crippen MR) is 34.1 cm³/mol. The molecule has 1 atom stereocenters. The summed E-state index contributed by atoms with van der Waals surface area (Å²) in [4.78, 5) is 8.67. The normalized spacial score (nSPS) is 16.3. The first-order chi connectivity index (χ1) is 2.77. The zero-order valence-corrected chi connectivity index (χ0v) is 7.33. The second kappa shape index (κ2) is 3.33. The van der Waals surface area contributed by atoms with Crippen LogP contribution in [0.1, 0.15) is 6.92 Å². The van der Waals surface area contributed by atoms with Gasteiger partial charge in [-0.3, -0.25) is 0 Å². The third kappa shape index (κ3) is 4.13. The van der Waals surface area contributed by atoms with Crippen LogP contribution in [0.5, 0.6) is 0 Å². The third-order valence-electron chi connectivity index (χ3n) is 0.471. The molecule has 0 bridgehead atoms. The first-order valence-corrected chi connectivity index (χ1v) is 7.88. The van der Waals surface area contributed by atoms with Crippen LogP contribution in [0.25, 0.3) is 0 Å². The highest BCUT2D eigenvalue weighted by Crippen LogP contribution is 1.68. The van der Waals surface area contributed by atoms with Gasteiger partial charge in [0.25, 0.3) is 0 Å². The summed E-state index contributed by atoms with van der Waals surface area (Å²) in [6.07, 6.45) is 1.92. The van der Waals surface area contributed by atoms with Gasteiger partial charge in [0, 0.05) is 9.76 Å². The molecule has 1 unspecified atom stereocenters. The van der Waals surface area contributed by atoms with Crippen molar-refractivity contribution in [2.24, 2.45) is 0 Å². The fraction of sp³-hybridized carbons (Fsp3) is 0.333. The minimum absolute atomic E-state index is 0.986. The van der Waals surface area contributed by atoms with Crippen molar-refractivity contribution in [2.45, 2.75) is 6.92 Å². The fourth-order valence-corrected chi connectivity index (χ4v) is 1.99. The maximum Gasteiger partial charge on any atom is 0.172 e. The Kier molecular flexibility index (Phi) is 3.40. The van der Waals surface area contributed by atoms with Crippen LogP contribution in [0.2, 0.25) is 0 Å². The quantitative estimate of drug-likeness (QED) is 0.423. The van der Waals surface area contributed by atoms with E-state index in [1.165, 1.54) is 0 Å². The molecule has 0 aromatic carbocycles. The summed E-state index contributed by atoms with van der Waals surface area (Å²) in [5.41, 5.74) is 1.92. The van der Waals surface area contributed by atoms with E-state index in [-0.39, 0.29) is 0 Å². The Hall–Kier alpha value is 0.134. The minimum Gasteiger partial charge on any atom is -0.435 e. The molecular formula is C3H10OSi2. The maximum absolute atomic E-state index is 8.67. The van der Waals surface area contributed by atoms with Gasteiger partial charge in [0.2, 0.25) is 0 Å². The molecule has 0 heterocycles. The highest BCUT2D eigenvalue weighted by molar-refractivity contribution is 7.01. The van der Waals surface area contributed by atoms with E-state index in [4.69, 9.17) is 4.80 Å². The lowest BCUT2D eigenvalue weighted by atomic mass is 10.8. The minimum atomic E-state index is -1.21. The lowest BCUT2D eigenvalue weighted by Crippen LogP contribution is -2.06. The number of rotatable bonds is 1. The summed E-state index contributed by atoms with van der Waals surface area (Å²) < 4.78 is 0. The summed E-state index contributed by atoms with van der Waals surface area (Å²) in [6, 6.07) is 0. The van der Waals surface area contributed by atoms with Gasteiger partial charge >= 0.3 is 0 Å². The summed E-state index contributed by atoms with van der Waals surface area (Å²) >= 11 is 0. The van der Waals surface area contributed by atoms with E-state index in [1.807, 2.05) is 18.7 Å². The van der Waals surface area contributed by atoms with Crippen molar-refractivity contribution in [1.82, 2.24) is 0 Å². The smallest absolute Gasteiger partial charge is 0.172 e. The van der Waals surface area contributed by atoms with Gasteiger partial charge in [-0.15, -0.1) is 0 Å². The SMILES string of the molecule is CC=C[SiH](O)[SiH3]. The monoisotopic (exact) mass is 118 g/mol. The zero-order valence-electron chi connectivity index (χ0n) is 4.18. The van der Waals surface area contributed by atoms with Crippen LogP contribution in [-0.2, 0) is 0 Å². The van der Waals surface area contributed by atoms with Crippen LogP contribution in [0.15, 0.2) is 11.8 Å². The van der Waals surface area contributed by atoms with Crippen molar-refractivity contribution in [3.05, 3.63) is 11.8 Å². The second-order valence-corrected chi connectivity index (χ2v) is 6.68. The van der Waals surface area contributed by atoms with Crippen molar-refractivity contribution >= 4 is 18.3 Å². The summed E-state index contributed by atoms with van der Waals surface area (Å²) in [5, 5.41) is 0. The maximum atomic E-state index is 8.67. The summed E-state index contributed by atoms with van der Waals surface area (Å²) in [6.45, 7) is 1.94. The number of allylic oxidation sites excluding steroid dienone is 1. The van der Waals surface area contributed by atoms with Crippen molar-refractivity contribution in [3.63, 3.8) is 0 Å². The van der Waals surface area contributed by atoms with Gasteiger partial charge in [0.1, 0.15) is 0 Å². The van der Waals surface area contributed by atoms with Crippen molar-refractivity contribution in [3.8, 4) is 0 Å². The van der Waals surface area contributed by atoms with E-state index in [0.29, 0.717) is 0 Å². The molecule has 3 heteroatoms. The Balaban J connectivity index is 3.03. The lowest BCUT2D eigenvalue weighted by molar-refractivity contribution is 0.606. The van der Waals surface area contributed by atoms with Gasteiger partial charge in [-0.2, -0.15) is 0 Å². The van der Waals surface area contributed by atoms with E-state index in [0.717, 1.165) is 9.76 Å². The first kappa shape index (κ1) is 6.13. The molecule has 0 saturated heterocycles. The number of hydrogen-bond donors (Lipinski definition) is 1. The molecule has 0 aliphatic carbocycles. The van der Waals surface area contributed by atoms with E-state index < -0.39 is 8.56 Å². The van der Waals surface area contributed by atoms with E-state index in [1.54, 1.807) is 0 Å². The molecule has 0 saturated carbocycles. The molecular weight excluding hydrogens is 108 g/mol. The molecule has 0 amide bonds. The van der Waals surface area contributed by atoms with Gasteiger partial charge in [-0.1, -0.05) is 11.8 Å². The zero-order chi connectivity index (χ0) is 4.99. The molecule has 6 heavy (non-hydrogen) atoms. The highest BCUT2D eigenvalue weighted by Gasteiger charge is 1.82. The van der Waals surface area contributed by atoms with Gasteiger partial charge in [-0.25, -0.2) is 0 Å². The van der Waals surface area contributed by atoms with E-state index in [9.17, 15) is 0 Å². The van der Waals surface area contributed by atoms with E-state index in [2.05, 4.69) is 0 Å². The van der Waals surface area contributed by atoms with E-state index >= 15 is 0 Å². The van der Waals surface area contributed by atoms with Crippen molar-refractivity contribution < 1.29 is 4.80 Å². The fourth-order valence-electron chi connectivity index (χ4n) is 0.279. The molecule has 1 N–H and O–H groups in total. The molecule has 0 rings (SSSR count). The molecule has 0 fully saturated rings. The average molecular weight is 118 g/mol. The highest BCUT2D eigenvalue weighted by atomic mass is 29.2. The van der Waals surface area contributed by atoms with Crippen molar-refractivity contribution in [1.29, 1.82) is 0 Å². The van der Waals surface area contributed by atoms with Crippen LogP contribution in [0.4, 0.5) is 0 Å². The van der Waals surface area contributed by atoms with Crippen molar-refractivity contribution in [2.75, 3.05) is 0 Å². The van der Waals surface area contributed by atoms with Crippen LogP contribution in [0.3, 0.4) is 0 Å². The summed E-state index contributed by atoms with van der Waals surface area (Å²) in [5.74, 6) is 0. The Bertz CT molecular complexity index is 50.8. The van der Waals surface area contributed by atoms with Crippen LogP contribution >= 0.6 is 0 Å². The van der Waals surface area contributed by atoms with Crippen LogP contribution in [-0.4, -0.2) is 23.1 Å². The number of hydrogen-bond acceptors (Lipinski definition) is 1. The molecule has 0 radical (unpaired) electrons. The predicted octanol–water partition coefficient (Wildman–Crippen LogP) is -1.32. The largest absolute Gasteiger partial charge is 0.435 e. The topological polar surface area (TPSA) is 20.2 Å². The van der Waals surface area contributed by atoms with Gasteiger partial charge < -0.3 is 4.80 Å². The van der Waals surface area contributed by atoms with Gasteiger partial charge in [-0.05, 0) is 6.92 Å². The first-order valence-electron chi connectivity index (χ1n) is 2.08. The molecule has 0 aliphatic heterocycles. The summed E-state index contributed by atoms with van der Waals surface area (Å²) in [7, 11) is -0.226. The molecule has 0 spiro atoms. The Morgan fingerprint density at radius 3 is 2.33 bits per heavy atom.